The molecule has 3 heteroatoms. The summed E-state index contributed by atoms with van der Waals surface area (Å²) in [5, 5.41) is 0.828. The third kappa shape index (κ3) is 3.97. The first-order valence-electron chi connectivity index (χ1n) is 4.39. The average Bonchev–Trinajstić information content (AvgIpc) is 2.07. The minimum atomic E-state index is 0. The topological polar surface area (TPSA) is 3.88 Å². The summed E-state index contributed by atoms with van der Waals surface area (Å²) in [6.45, 7) is 5.29. The summed E-state index contributed by atoms with van der Waals surface area (Å²) < 4.78 is 2.10. The van der Waals surface area contributed by atoms with Gasteiger partial charge in [0.15, 0.2) is 6.20 Å². The highest BCUT2D eigenvalue weighted by Gasteiger charge is 2.06. The molecule has 1 nitrogen and oxygen atoms in total. The number of aryl methyl sites for hydroxylation is 2. The van der Waals surface area contributed by atoms with E-state index >= 15 is 0 Å². The summed E-state index contributed by atoms with van der Waals surface area (Å²) in [4.78, 5) is 0. The van der Waals surface area contributed by atoms with Gasteiger partial charge < -0.3 is 12.4 Å². The fourth-order valence-corrected chi connectivity index (χ4v) is 1.34. The number of rotatable bonds is 3. The SMILES string of the molecule is CCCC[n+]1cc(C)ccc1Cl.[Cl-]. The number of pyridine rings is 1. The van der Waals surface area contributed by atoms with E-state index in [4.69, 9.17) is 11.6 Å². The van der Waals surface area contributed by atoms with Gasteiger partial charge in [0.2, 0.25) is 0 Å². The van der Waals surface area contributed by atoms with Crippen LogP contribution in [-0.2, 0) is 6.54 Å². The highest BCUT2D eigenvalue weighted by Crippen LogP contribution is 2.03. The molecule has 0 amide bonds. The number of hydrogen-bond donors (Lipinski definition) is 0. The van der Waals surface area contributed by atoms with E-state index in [-0.39, 0.29) is 12.4 Å². The molecular formula is C10H15Cl2N. The summed E-state index contributed by atoms with van der Waals surface area (Å²) in [7, 11) is 0. The van der Waals surface area contributed by atoms with Gasteiger partial charge in [-0.1, -0.05) is 13.3 Å². The fraction of sp³-hybridized carbons (Fsp3) is 0.500. The van der Waals surface area contributed by atoms with Crippen molar-refractivity contribution in [3.63, 3.8) is 0 Å². The van der Waals surface area contributed by atoms with Crippen molar-refractivity contribution in [3.8, 4) is 0 Å². The first-order chi connectivity index (χ1) is 5.74. The molecular weight excluding hydrogens is 205 g/mol. The molecule has 1 heterocycles. The Morgan fingerprint density at radius 3 is 2.69 bits per heavy atom. The van der Waals surface area contributed by atoms with E-state index in [0.717, 1.165) is 11.7 Å². The Balaban J connectivity index is 0.00000144. The number of halogens is 2. The van der Waals surface area contributed by atoms with E-state index in [1.165, 1.54) is 18.4 Å². The molecule has 0 aliphatic heterocycles. The highest BCUT2D eigenvalue weighted by atomic mass is 35.5. The smallest absolute Gasteiger partial charge is 0.274 e. The lowest BCUT2D eigenvalue weighted by molar-refractivity contribution is -0.695. The first-order valence-corrected chi connectivity index (χ1v) is 4.77. The van der Waals surface area contributed by atoms with Crippen LogP contribution >= 0.6 is 11.6 Å². The molecule has 0 bridgehead atoms. The van der Waals surface area contributed by atoms with Gasteiger partial charge >= 0.3 is 0 Å². The Morgan fingerprint density at radius 1 is 1.38 bits per heavy atom. The van der Waals surface area contributed by atoms with Gasteiger partial charge in [-0.05, 0) is 24.6 Å². The number of aromatic nitrogens is 1. The third-order valence-electron chi connectivity index (χ3n) is 1.87. The fourth-order valence-electron chi connectivity index (χ4n) is 1.15. The molecule has 0 N–H and O–H groups in total. The van der Waals surface area contributed by atoms with Gasteiger partial charge in [-0.25, -0.2) is 0 Å². The van der Waals surface area contributed by atoms with Crippen LogP contribution in [0.3, 0.4) is 0 Å². The quantitative estimate of drug-likeness (QED) is 0.488. The molecule has 1 aromatic heterocycles. The molecule has 0 saturated carbocycles. The lowest BCUT2D eigenvalue weighted by atomic mass is 10.3. The van der Waals surface area contributed by atoms with Crippen molar-refractivity contribution in [2.24, 2.45) is 0 Å². The second-order valence-electron chi connectivity index (χ2n) is 3.08. The van der Waals surface area contributed by atoms with E-state index in [1.807, 2.05) is 12.1 Å². The molecule has 0 aromatic carbocycles. The van der Waals surface area contributed by atoms with Crippen LogP contribution in [0, 0.1) is 6.92 Å². The second kappa shape index (κ2) is 6.22. The van der Waals surface area contributed by atoms with E-state index in [1.54, 1.807) is 0 Å². The summed E-state index contributed by atoms with van der Waals surface area (Å²) in [5.74, 6) is 0. The van der Waals surface area contributed by atoms with E-state index in [9.17, 15) is 0 Å². The van der Waals surface area contributed by atoms with Crippen molar-refractivity contribution >= 4 is 11.6 Å². The van der Waals surface area contributed by atoms with Crippen molar-refractivity contribution < 1.29 is 17.0 Å². The molecule has 0 saturated heterocycles. The summed E-state index contributed by atoms with van der Waals surface area (Å²) >= 11 is 5.99. The van der Waals surface area contributed by atoms with Gasteiger partial charge in [0.05, 0.1) is 0 Å². The van der Waals surface area contributed by atoms with E-state index in [2.05, 4.69) is 24.6 Å². The Bertz CT molecular complexity index is 261. The van der Waals surface area contributed by atoms with Gasteiger partial charge in [-0.15, -0.1) is 0 Å². The normalized spacial score (nSPS) is 9.46. The molecule has 0 aliphatic rings. The first kappa shape index (κ1) is 12.7. The van der Waals surface area contributed by atoms with Gasteiger partial charge in [-0.2, -0.15) is 4.57 Å². The molecule has 1 rings (SSSR count). The Hall–Kier alpha value is -0.270. The van der Waals surface area contributed by atoms with Crippen LogP contribution in [0.2, 0.25) is 5.15 Å². The summed E-state index contributed by atoms with van der Waals surface area (Å²) in [6.07, 6.45) is 4.49. The van der Waals surface area contributed by atoms with Crippen LogP contribution in [0.15, 0.2) is 18.3 Å². The van der Waals surface area contributed by atoms with Crippen LogP contribution in [0.25, 0.3) is 0 Å². The molecule has 13 heavy (non-hydrogen) atoms. The van der Waals surface area contributed by atoms with Crippen LogP contribution in [0.4, 0.5) is 0 Å². The van der Waals surface area contributed by atoms with Crippen molar-refractivity contribution in [1.29, 1.82) is 0 Å². The van der Waals surface area contributed by atoms with Gasteiger partial charge in [0, 0.05) is 18.1 Å². The van der Waals surface area contributed by atoms with E-state index in [0.29, 0.717) is 0 Å². The van der Waals surface area contributed by atoms with Crippen LogP contribution < -0.4 is 17.0 Å². The molecule has 0 radical (unpaired) electrons. The van der Waals surface area contributed by atoms with Crippen LogP contribution in [0.1, 0.15) is 25.3 Å². The minimum absolute atomic E-state index is 0. The van der Waals surface area contributed by atoms with Gasteiger partial charge in [-0.3, -0.25) is 0 Å². The zero-order valence-corrected chi connectivity index (χ0v) is 9.57. The van der Waals surface area contributed by atoms with E-state index < -0.39 is 0 Å². The monoisotopic (exact) mass is 219 g/mol. The van der Waals surface area contributed by atoms with Crippen molar-refractivity contribution in [1.82, 2.24) is 0 Å². The van der Waals surface area contributed by atoms with Crippen LogP contribution in [0.5, 0.6) is 0 Å². The molecule has 0 unspecified atom stereocenters. The lowest BCUT2D eigenvalue weighted by Crippen LogP contribution is -3.00. The molecule has 0 fully saturated rings. The minimum Gasteiger partial charge on any atom is -1.00 e. The number of hydrogen-bond acceptors (Lipinski definition) is 0. The maximum Gasteiger partial charge on any atom is 0.274 e. The Morgan fingerprint density at radius 2 is 2.08 bits per heavy atom. The predicted octanol–water partition coefficient (Wildman–Crippen LogP) is -0.260. The van der Waals surface area contributed by atoms with Gasteiger partial charge in [0.1, 0.15) is 6.54 Å². The molecule has 1 aromatic rings. The standard InChI is InChI=1S/C10H15ClN.ClH/c1-3-4-7-12-8-9(2)5-6-10(12)11;/h5-6,8H,3-4,7H2,1-2H3;1H/q+1;/p-1. The van der Waals surface area contributed by atoms with Crippen LogP contribution in [-0.4, -0.2) is 0 Å². The largest absolute Gasteiger partial charge is 1.00 e. The Kier molecular flexibility index (Phi) is 6.10. The zero-order chi connectivity index (χ0) is 8.97. The Labute approximate surface area is 91.1 Å². The average molecular weight is 220 g/mol. The lowest BCUT2D eigenvalue weighted by Gasteiger charge is -1.98. The number of nitrogens with zero attached hydrogens (tertiary/aromatic N) is 1. The third-order valence-corrected chi connectivity index (χ3v) is 2.21. The molecule has 0 atom stereocenters. The second-order valence-corrected chi connectivity index (χ2v) is 3.46. The zero-order valence-electron chi connectivity index (χ0n) is 8.06. The van der Waals surface area contributed by atoms with Crippen molar-refractivity contribution in [3.05, 3.63) is 29.0 Å². The van der Waals surface area contributed by atoms with Crippen molar-refractivity contribution in [2.75, 3.05) is 0 Å². The van der Waals surface area contributed by atoms with Crippen molar-refractivity contribution in [2.45, 2.75) is 33.2 Å². The maximum atomic E-state index is 5.99. The highest BCUT2D eigenvalue weighted by molar-refractivity contribution is 6.28. The molecule has 0 aliphatic carbocycles. The predicted molar refractivity (Wildman–Crippen MR) is 51.3 cm³/mol. The summed E-state index contributed by atoms with van der Waals surface area (Å²) in [6, 6.07) is 3.98. The summed E-state index contributed by atoms with van der Waals surface area (Å²) in [5.41, 5.74) is 1.26. The van der Waals surface area contributed by atoms with Gasteiger partial charge in [0.25, 0.3) is 5.15 Å². The maximum absolute atomic E-state index is 5.99. The number of unbranched alkanes of at least 4 members (excludes halogenated alkanes) is 1. The molecule has 74 valence electrons. The molecule has 0 spiro atoms.